The molecule has 19 N–H and O–H groups in total. The standard InChI is InChI=1S/C52H89N13O12/c1-30(2)28-38(61-49(73)40-21-15-27-65(40)51(75)43(32(5)66)64-46(70)36(22-23-41(57)67)58-44(68)34(56)18-9-12-24-53)48(72)63-42(31(3)4)50(74)62-39(29-33-16-7-6-8-17-33)47(71)59-35(19-10-13-25-54)45(69)60-37(52(76)77)20-11-14-26-55/h6-8,16-17,30-32,34-40,42-43,66H,9-15,18-29,53-56H2,1-5H3,(H2,57,67)(H,58,68)(H,59,71)(H,60,69)(H,61,73)(H,62,74)(H,63,72)(H,64,70)(H,76,77)/t32-,34+,35+,36+,37+,38+,39+,40+,42+,43+/m1/s1. The average Bonchev–Trinajstić information content (AvgIpc) is 3.87. The molecule has 434 valence electrons. The summed E-state index contributed by atoms with van der Waals surface area (Å²) in [4.78, 5) is 136. The maximum Gasteiger partial charge on any atom is 0.326 e. The highest BCUT2D eigenvalue weighted by Crippen LogP contribution is 2.21. The number of rotatable bonds is 37. The minimum atomic E-state index is -1.62. The lowest BCUT2D eigenvalue weighted by Crippen LogP contribution is -2.62. The summed E-state index contributed by atoms with van der Waals surface area (Å²) in [7, 11) is 0. The molecule has 1 fully saturated rings. The Morgan fingerprint density at radius 1 is 0.597 bits per heavy atom. The quantitative estimate of drug-likeness (QED) is 0.0313. The van der Waals surface area contributed by atoms with Gasteiger partial charge in [-0.1, -0.05) is 64.4 Å². The molecule has 1 aromatic carbocycles. The fourth-order valence-corrected chi connectivity index (χ4v) is 8.73. The Hall–Kier alpha value is -6.28. The van der Waals surface area contributed by atoms with Gasteiger partial charge in [0.15, 0.2) is 0 Å². The first-order chi connectivity index (χ1) is 36.4. The molecule has 1 saturated heterocycles. The molecule has 1 aromatic rings. The first kappa shape index (κ1) is 66.8. The molecule has 9 amide bonds. The summed E-state index contributed by atoms with van der Waals surface area (Å²) in [6, 6.07) is -2.64. The number of primary amides is 1. The summed E-state index contributed by atoms with van der Waals surface area (Å²) in [5.41, 5.74) is 28.9. The van der Waals surface area contributed by atoms with Crippen LogP contribution >= 0.6 is 0 Å². The van der Waals surface area contributed by atoms with Crippen molar-refractivity contribution in [2.75, 3.05) is 26.2 Å². The number of amides is 9. The number of aliphatic hydroxyl groups excluding tert-OH is 1. The first-order valence-electron chi connectivity index (χ1n) is 27.0. The van der Waals surface area contributed by atoms with E-state index in [4.69, 9.17) is 28.7 Å². The van der Waals surface area contributed by atoms with Crippen LogP contribution in [0, 0.1) is 11.8 Å². The molecular formula is C52H89N13O12. The monoisotopic (exact) mass is 1090 g/mol. The van der Waals surface area contributed by atoms with Crippen LogP contribution < -0.4 is 65.9 Å². The van der Waals surface area contributed by atoms with Crippen molar-refractivity contribution in [2.24, 2.45) is 40.5 Å². The number of aliphatic carboxylic acids is 1. The second kappa shape index (κ2) is 35.2. The van der Waals surface area contributed by atoms with E-state index in [0.717, 1.165) is 0 Å². The molecule has 0 aromatic heterocycles. The molecule has 77 heavy (non-hydrogen) atoms. The van der Waals surface area contributed by atoms with Crippen molar-refractivity contribution in [1.29, 1.82) is 0 Å². The zero-order chi connectivity index (χ0) is 57.8. The van der Waals surface area contributed by atoms with Gasteiger partial charge in [-0.15, -0.1) is 0 Å². The van der Waals surface area contributed by atoms with Crippen molar-refractivity contribution in [3.63, 3.8) is 0 Å². The molecule has 0 unspecified atom stereocenters. The largest absolute Gasteiger partial charge is 0.480 e. The van der Waals surface area contributed by atoms with E-state index in [-0.39, 0.29) is 63.8 Å². The third kappa shape index (κ3) is 23.9. The zero-order valence-electron chi connectivity index (χ0n) is 45.6. The average molecular weight is 1090 g/mol. The predicted octanol–water partition coefficient (Wildman–Crippen LogP) is -2.24. The number of carboxylic acids is 1. The van der Waals surface area contributed by atoms with Gasteiger partial charge in [0.25, 0.3) is 0 Å². The van der Waals surface area contributed by atoms with Gasteiger partial charge in [0.1, 0.15) is 48.3 Å². The molecular weight excluding hydrogens is 999 g/mol. The molecule has 10 atom stereocenters. The van der Waals surface area contributed by atoms with Crippen LogP contribution in [0.2, 0.25) is 0 Å². The molecule has 2 rings (SSSR count). The second-order valence-corrected chi connectivity index (χ2v) is 20.6. The molecule has 25 heteroatoms. The van der Waals surface area contributed by atoms with Gasteiger partial charge in [-0.3, -0.25) is 43.2 Å². The Balaban J connectivity index is 2.37. The predicted molar refractivity (Wildman–Crippen MR) is 287 cm³/mol. The minimum absolute atomic E-state index is 0.0372. The molecule has 0 aliphatic carbocycles. The van der Waals surface area contributed by atoms with E-state index in [1.54, 1.807) is 44.2 Å². The third-order valence-electron chi connectivity index (χ3n) is 13.1. The third-order valence-corrected chi connectivity index (χ3v) is 13.1. The number of nitrogens with two attached hydrogens (primary N) is 5. The number of aliphatic hydroxyl groups is 1. The number of hydrogen-bond donors (Lipinski definition) is 14. The number of nitrogens with zero attached hydrogens (tertiary/aromatic N) is 1. The number of carbonyl (C=O) groups is 10. The highest BCUT2D eigenvalue weighted by molar-refractivity contribution is 5.98. The SMILES string of the molecule is CC(C)C[C@H](NC(=O)[C@@H]1CCCN1C(=O)[C@@H](NC(=O)[C@H](CCC(N)=O)NC(=O)[C@@H](N)CCCCN)[C@@H](C)O)C(=O)N[C@H](C(=O)N[C@@H](Cc1ccccc1)C(=O)N[C@@H](CCCCN)C(=O)N[C@@H](CCCCN)C(=O)O)C(C)C. The van der Waals surface area contributed by atoms with Gasteiger partial charge < -0.3 is 81.0 Å². The number of hydrogen-bond acceptors (Lipinski definition) is 15. The highest BCUT2D eigenvalue weighted by atomic mass is 16.4. The number of likely N-dealkylation sites (tertiary alicyclic amines) is 1. The molecule has 0 bridgehead atoms. The lowest BCUT2D eigenvalue weighted by atomic mass is 9.98. The number of carboxylic acid groups (broad SMARTS) is 1. The van der Waals surface area contributed by atoms with E-state index >= 15 is 0 Å². The van der Waals surface area contributed by atoms with Crippen LogP contribution in [0.3, 0.4) is 0 Å². The summed E-state index contributed by atoms with van der Waals surface area (Å²) in [6.45, 7) is 9.31. The molecule has 25 nitrogen and oxygen atoms in total. The van der Waals surface area contributed by atoms with Crippen molar-refractivity contribution in [1.82, 2.24) is 42.1 Å². The Labute approximate surface area is 452 Å². The van der Waals surface area contributed by atoms with E-state index in [9.17, 15) is 58.2 Å². The van der Waals surface area contributed by atoms with Crippen molar-refractivity contribution >= 4 is 59.1 Å². The number of unbranched alkanes of at least 4 members (excludes halogenated alkanes) is 3. The van der Waals surface area contributed by atoms with Crippen LogP contribution in [0.1, 0.15) is 130 Å². The van der Waals surface area contributed by atoms with Gasteiger partial charge >= 0.3 is 5.97 Å². The van der Waals surface area contributed by atoms with Gasteiger partial charge in [0.2, 0.25) is 53.2 Å². The normalized spacial score (nSPS) is 16.8. The Bertz CT molecular complexity index is 2080. The van der Waals surface area contributed by atoms with E-state index in [0.29, 0.717) is 70.1 Å². The fourth-order valence-electron chi connectivity index (χ4n) is 8.73. The van der Waals surface area contributed by atoms with Gasteiger partial charge in [-0.05, 0) is 121 Å². The lowest BCUT2D eigenvalue weighted by Gasteiger charge is -2.32. The van der Waals surface area contributed by atoms with Gasteiger partial charge in [-0.2, -0.15) is 0 Å². The topological polar surface area (TPSA) is 429 Å². The van der Waals surface area contributed by atoms with Crippen molar-refractivity contribution < 1.29 is 58.2 Å². The Kier molecular flexibility index (Phi) is 30.5. The maximum atomic E-state index is 14.3. The van der Waals surface area contributed by atoms with Gasteiger partial charge in [0.05, 0.1) is 12.1 Å². The lowest BCUT2D eigenvalue weighted by molar-refractivity contribution is -0.145. The Morgan fingerprint density at radius 2 is 1.09 bits per heavy atom. The second-order valence-electron chi connectivity index (χ2n) is 20.6. The number of carbonyl (C=O) groups excluding carboxylic acids is 9. The van der Waals surface area contributed by atoms with Crippen molar-refractivity contribution in [3.8, 4) is 0 Å². The summed E-state index contributed by atoms with van der Waals surface area (Å²) in [5.74, 6) is -8.89. The summed E-state index contributed by atoms with van der Waals surface area (Å²) in [6.07, 6.45) is 2.05. The molecule has 1 aliphatic heterocycles. The van der Waals surface area contributed by atoms with Crippen molar-refractivity contribution in [2.45, 2.75) is 191 Å². The Morgan fingerprint density at radius 3 is 1.64 bits per heavy atom. The van der Waals surface area contributed by atoms with Crippen LogP contribution in [0.15, 0.2) is 30.3 Å². The maximum absolute atomic E-state index is 14.3. The molecule has 1 heterocycles. The van der Waals surface area contributed by atoms with Crippen LogP contribution in [-0.4, -0.2) is 161 Å². The van der Waals surface area contributed by atoms with Gasteiger partial charge in [0, 0.05) is 19.4 Å². The van der Waals surface area contributed by atoms with Crippen LogP contribution in [-0.2, 0) is 54.4 Å². The van der Waals surface area contributed by atoms with E-state index in [1.807, 2.05) is 13.8 Å². The smallest absolute Gasteiger partial charge is 0.326 e. The fraction of sp³-hybridized carbons (Fsp3) is 0.692. The van der Waals surface area contributed by atoms with E-state index < -0.39 is 126 Å². The van der Waals surface area contributed by atoms with Crippen molar-refractivity contribution in [3.05, 3.63) is 35.9 Å². The molecule has 0 radical (unpaired) electrons. The molecule has 0 spiro atoms. The van der Waals surface area contributed by atoms with Crippen LogP contribution in [0.5, 0.6) is 0 Å². The van der Waals surface area contributed by atoms with Crippen LogP contribution in [0.25, 0.3) is 0 Å². The minimum Gasteiger partial charge on any atom is -0.480 e. The summed E-state index contributed by atoms with van der Waals surface area (Å²) < 4.78 is 0. The summed E-state index contributed by atoms with van der Waals surface area (Å²) in [5, 5.41) is 39.2. The zero-order valence-corrected chi connectivity index (χ0v) is 45.6. The van der Waals surface area contributed by atoms with Crippen LogP contribution in [0.4, 0.5) is 0 Å². The molecule has 0 saturated carbocycles. The summed E-state index contributed by atoms with van der Waals surface area (Å²) >= 11 is 0. The number of nitrogens with one attached hydrogen (secondary N) is 7. The number of benzene rings is 1. The first-order valence-corrected chi connectivity index (χ1v) is 27.0. The highest BCUT2D eigenvalue weighted by Gasteiger charge is 2.42. The van der Waals surface area contributed by atoms with Gasteiger partial charge in [-0.25, -0.2) is 4.79 Å². The van der Waals surface area contributed by atoms with E-state index in [2.05, 4.69) is 37.2 Å². The van der Waals surface area contributed by atoms with E-state index in [1.165, 1.54) is 11.8 Å². The molecule has 1 aliphatic rings.